The quantitative estimate of drug-likeness (QED) is 0.861. The molecule has 1 aromatic heterocycles. The Bertz CT molecular complexity index is 537. The number of nitrogens with zero attached hydrogens (tertiary/aromatic N) is 2. The number of rotatable bonds is 6. The van der Waals surface area contributed by atoms with Gasteiger partial charge in [-0.15, -0.1) is 0 Å². The first-order valence-corrected chi connectivity index (χ1v) is 6.17. The lowest BCUT2D eigenvalue weighted by Crippen LogP contribution is -2.15. The highest BCUT2D eigenvalue weighted by molar-refractivity contribution is 5.69. The lowest BCUT2D eigenvalue weighted by molar-refractivity contribution is 0.404. The van der Waals surface area contributed by atoms with Crippen molar-refractivity contribution in [3.63, 3.8) is 0 Å². The van der Waals surface area contributed by atoms with Crippen molar-refractivity contribution in [1.82, 2.24) is 14.9 Å². The molecule has 0 aliphatic rings. The molecule has 0 spiro atoms. The van der Waals surface area contributed by atoms with Crippen LogP contribution in [-0.4, -0.2) is 37.4 Å². The zero-order valence-electron chi connectivity index (χ0n) is 11.5. The minimum atomic E-state index is 0.803. The zero-order chi connectivity index (χ0) is 13.7. The minimum absolute atomic E-state index is 0.803. The van der Waals surface area contributed by atoms with E-state index in [9.17, 15) is 0 Å². The minimum Gasteiger partial charge on any atom is -0.497 e. The highest BCUT2D eigenvalue weighted by Gasteiger charge is 2.12. The molecule has 0 saturated heterocycles. The second-order valence-corrected chi connectivity index (χ2v) is 4.14. The van der Waals surface area contributed by atoms with E-state index < -0.39 is 0 Å². The molecule has 0 aliphatic carbocycles. The summed E-state index contributed by atoms with van der Waals surface area (Å²) in [6.07, 6.45) is 3.67. The third kappa shape index (κ3) is 2.88. The van der Waals surface area contributed by atoms with Crippen molar-refractivity contribution in [2.45, 2.75) is 6.54 Å². The van der Waals surface area contributed by atoms with E-state index in [1.54, 1.807) is 14.2 Å². The topological polar surface area (TPSA) is 48.3 Å². The number of likely N-dealkylation sites (N-methyl/N-ethyl adjacent to an activating group) is 1. The lowest BCUT2D eigenvalue weighted by Gasteiger charge is -2.12. The Hall–Kier alpha value is -2.01. The van der Waals surface area contributed by atoms with Crippen LogP contribution >= 0.6 is 0 Å². The van der Waals surface area contributed by atoms with Crippen LogP contribution in [0.5, 0.6) is 11.5 Å². The van der Waals surface area contributed by atoms with Gasteiger partial charge >= 0.3 is 0 Å². The van der Waals surface area contributed by atoms with Gasteiger partial charge in [0, 0.05) is 18.7 Å². The van der Waals surface area contributed by atoms with Gasteiger partial charge in [-0.3, -0.25) is 0 Å². The second kappa shape index (κ2) is 6.24. The molecule has 1 heterocycles. The molecular formula is C14H19N3O2. The van der Waals surface area contributed by atoms with Gasteiger partial charge in [-0.05, 0) is 25.2 Å². The highest BCUT2D eigenvalue weighted by atomic mass is 16.5. The molecule has 0 amide bonds. The molecule has 0 atom stereocenters. The first-order chi connectivity index (χ1) is 9.30. The zero-order valence-corrected chi connectivity index (χ0v) is 11.5. The summed E-state index contributed by atoms with van der Waals surface area (Å²) in [7, 11) is 5.26. The number of hydrogen-bond acceptors (Lipinski definition) is 4. The Morgan fingerprint density at radius 1 is 1.26 bits per heavy atom. The van der Waals surface area contributed by atoms with Crippen molar-refractivity contribution in [3.05, 3.63) is 30.7 Å². The van der Waals surface area contributed by atoms with Crippen molar-refractivity contribution in [1.29, 1.82) is 0 Å². The van der Waals surface area contributed by atoms with Crippen LogP contribution in [0.1, 0.15) is 0 Å². The number of imidazole rings is 1. The van der Waals surface area contributed by atoms with E-state index >= 15 is 0 Å². The molecule has 0 fully saturated rings. The number of nitrogens with one attached hydrogen (secondary N) is 1. The number of benzene rings is 1. The summed E-state index contributed by atoms with van der Waals surface area (Å²) >= 11 is 0. The Balaban J connectivity index is 2.42. The third-order valence-corrected chi connectivity index (χ3v) is 3.00. The van der Waals surface area contributed by atoms with E-state index in [1.807, 2.05) is 37.8 Å². The van der Waals surface area contributed by atoms with Crippen LogP contribution in [0.25, 0.3) is 11.3 Å². The van der Waals surface area contributed by atoms with Crippen LogP contribution < -0.4 is 14.8 Å². The molecule has 0 saturated carbocycles. The first-order valence-electron chi connectivity index (χ1n) is 6.17. The summed E-state index contributed by atoms with van der Waals surface area (Å²) in [5, 5.41) is 3.13. The number of hydrogen-bond donors (Lipinski definition) is 1. The second-order valence-electron chi connectivity index (χ2n) is 4.14. The van der Waals surface area contributed by atoms with Crippen LogP contribution in [0, 0.1) is 0 Å². The van der Waals surface area contributed by atoms with E-state index in [2.05, 4.69) is 14.9 Å². The highest BCUT2D eigenvalue weighted by Crippen LogP contribution is 2.33. The summed E-state index contributed by atoms with van der Waals surface area (Å²) in [5.74, 6) is 1.61. The van der Waals surface area contributed by atoms with Crippen molar-refractivity contribution in [2.75, 3.05) is 27.8 Å². The maximum Gasteiger partial charge on any atom is 0.128 e. The van der Waals surface area contributed by atoms with Gasteiger partial charge in [-0.25, -0.2) is 4.98 Å². The summed E-state index contributed by atoms with van der Waals surface area (Å²) in [6.45, 7) is 1.74. The van der Waals surface area contributed by atoms with Gasteiger partial charge < -0.3 is 19.4 Å². The predicted molar refractivity (Wildman–Crippen MR) is 74.7 cm³/mol. The largest absolute Gasteiger partial charge is 0.497 e. The van der Waals surface area contributed by atoms with Crippen LogP contribution in [0.4, 0.5) is 0 Å². The molecule has 0 radical (unpaired) electrons. The molecule has 0 bridgehead atoms. The number of ether oxygens (including phenoxy) is 2. The van der Waals surface area contributed by atoms with Gasteiger partial charge in [-0.2, -0.15) is 0 Å². The molecule has 1 N–H and O–H groups in total. The maximum absolute atomic E-state index is 5.42. The fourth-order valence-corrected chi connectivity index (χ4v) is 1.97. The molecular weight excluding hydrogens is 242 g/mol. The molecule has 1 aromatic carbocycles. The van der Waals surface area contributed by atoms with E-state index in [0.717, 1.165) is 35.8 Å². The number of aromatic nitrogens is 2. The van der Waals surface area contributed by atoms with Crippen molar-refractivity contribution >= 4 is 0 Å². The molecule has 0 aliphatic heterocycles. The van der Waals surface area contributed by atoms with Crippen LogP contribution in [0.2, 0.25) is 0 Å². The normalized spacial score (nSPS) is 10.5. The standard InChI is InChI=1S/C14H19N3O2/c1-15-6-7-17-10-16-9-13(17)12-8-11(18-2)4-5-14(12)19-3/h4-5,8-10,15H,6-7H2,1-3H3. The molecule has 19 heavy (non-hydrogen) atoms. The van der Waals surface area contributed by atoms with Crippen molar-refractivity contribution in [3.8, 4) is 22.8 Å². The van der Waals surface area contributed by atoms with Gasteiger partial charge in [0.2, 0.25) is 0 Å². The summed E-state index contributed by atoms with van der Waals surface area (Å²) < 4.78 is 12.8. The van der Waals surface area contributed by atoms with Crippen LogP contribution in [0.15, 0.2) is 30.7 Å². The van der Waals surface area contributed by atoms with Crippen molar-refractivity contribution < 1.29 is 9.47 Å². The molecule has 5 nitrogen and oxygen atoms in total. The first kappa shape index (κ1) is 13.4. The summed E-state index contributed by atoms with van der Waals surface area (Å²) in [4.78, 5) is 4.22. The number of methoxy groups -OCH3 is 2. The Morgan fingerprint density at radius 3 is 2.79 bits per heavy atom. The maximum atomic E-state index is 5.42. The van der Waals surface area contributed by atoms with E-state index in [4.69, 9.17) is 9.47 Å². The molecule has 0 unspecified atom stereocenters. The Labute approximate surface area is 113 Å². The van der Waals surface area contributed by atoms with Gasteiger partial charge in [0.05, 0.1) is 32.4 Å². The van der Waals surface area contributed by atoms with Gasteiger partial charge in [0.25, 0.3) is 0 Å². The Kier molecular flexibility index (Phi) is 4.41. The summed E-state index contributed by atoms with van der Waals surface area (Å²) in [6, 6.07) is 5.76. The monoisotopic (exact) mass is 261 g/mol. The fraction of sp³-hybridized carbons (Fsp3) is 0.357. The van der Waals surface area contributed by atoms with Crippen molar-refractivity contribution in [2.24, 2.45) is 0 Å². The molecule has 2 rings (SSSR count). The average Bonchev–Trinajstić information content (AvgIpc) is 2.92. The van der Waals surface area contributed by atoms with Gasteiger partial charge in [-0.1, -0.05) is 0 Å². The van der Waals surface area contributed by atoms with Crippen LogP contribution in [0.3, 0.4) is 0 Å². The average molecular weight is 261 g/mol. The SMILES string of the molecule is CNCCn1cncc1-c1cc(OC)ccc1OC. The molecule has 5 heteroatoms. The van der Waals surface area contributed by atoms with E-state index in [0.29, 0.717) is 0 Å². The van der Waals surface area contributed by atoms with E-state index in [-0.39, 0.29) is 0 Å². The molecule has 2 aromatic rings. The Morgan fingerprint density at radius 2 is 2.11 bits per heavy atom. The van der Waals surface area contributed by atoms with E-state index in [1.165, 1.54) is 0 Å². The predicted octanol–water partition coefficient (Wildman–Crippen LogP) is 1.79. The summed E-state index contributed by atoms with van der Waals surface area (Å²) in [5.41, 5.74) is 2.00. The van der Waals surface area contributed by atoms with Gasteiger partial charge in [0.15, 0.2) is 0 Å². The van der Waals surface area contributed by atoms with Gasteiger partial charge in [0.1, 0.15) is 11.5 Å². The van der Waals surface area contributed by atoms with Crippen LogP contribution in [-0.2, 0) is 6.54 Å². The fourth-order valence-electron chi connectivity index (χ4n) is 1.97. The lowest BCUT2D eigenvalue weighted by atomic mass is 10.1. The smallest absolute Gasteiger partial charge is 0.128 e. The third-order valence-electron chi connectivity index (χ3n) is 3.00. The molecule has 102 valence electrons.